The number of allylic oxidation sites excluding steroid dienone is 2. The van der Waals surface area contributed by atoms with E-state index >= 15 is 0 Å². The average Bonchev–Trinajstić information content (AvgIpc) is 2.90. The van der Waals surface area contributed by atoms with Gasteiger partial charge in [-0.2, -0.15) is 0 Å². The van der Waals surface area contributed by atoms with Crippen LogP contribution < -0.4 is 18.9 Å². The zero-order chi connectivity index (χ0) is 24.9. The van der Waals surface area contributed by atoms with Gasteiger partial charge in [0.05, 0.1) is 25.8 Å². The van der Waals surface area contributed by atoms with Crippen molar-refractivity contribution < 1.29 is 18.9 Å². The molecule has 0 fully saturated rings. The molecule has 1 heterocycles. The van der Waals surface area contributed by atoms with Gasteiger partial charge in [0.15, 0.2) is 0 Å². The Morgan fingerprint density at radius 3 is 2.09 bits per heavy atom. The van der Waals surface area contributed by atoms with Crippen LogP contribution in [-0.2, 0) is 0 Å². The first-order valence-electron chi connectivity index (χ1n) is 11.6. The molecule has 0 bridgehead atoms. The summed E-state index contributed by atoms with van der Waals surface area (Å²) in [5.74, 6) is 3.43. The van der Waals surface area contributed by atoms with Gasteiger partial charge in [-0.1, -0.05) is 36.4 Å². The summed E-state index contributed by atoms with van der Waals surface area (Å²) in [7, 11) is 5.02. The largest absolute Gasteiger partial charge is 0.497 e. The van der Waals surface area contributed by atoms with E-state index in [4.69, 9.17) is 18.9 Å². The van der Waals surface area contributed by atoms with Gasteiger partial charge in [-0.3, -0.25) is 0 Å². The third-order valence-corrected chi connectivity index (χ3v) is 7.41. The Balaban J connectivity index is 1.89. The minimum atomic E-state index is -0.214. The monoisotopic (exact) mass is 534 g/mol. The van der Waals surface area contributed by atoms with Crippen molar-refractivity contribution in [2.75, 3.05) is 21.3 Å². The van der Waals surface area contributed by atoms with E-state index < -0.39 is 0 Å². The molecule has 4 rings (SSSR count). The molecule has 5 heteroatoms. The van der Waals surface area contributed by atoms with Crippen molar-refractivity contribution in [3.63, 3.8) is 0 Å². The third kappa shape index (κ3) is 4.96. The lowest BCUT2D eigenvalue weighted by Gasteiger charge is -2.43. The lowest BCUT2D eigenvalue weighted by atomic mass is 9.68. The molecular formula is C30H31BrO4. The van der Waals surface area contributed by atoms with Gasteiger partial charge in [0.25, 0.3) is 0 Å². The minimum absolute atomic E-state index is 0.0418. The van der Waals surface area contributed by atoms with E-state index in [-0.39, 0.29) is 23.9 Å². The molecule has 3 aromatic carbocycles. The van der Waals surface area contributed by atoms with Gasteiger partial charge in [0.1, 0.15) is 29.1 Å². The Hall–Kier alpha value is -3.18. The topological polar surface area (TPSA) is 36.9 Å². The summed E-state index contributed by atoms with van der Waals surface area (Å²) in [6.45, 7) is 8.33. The average molecular weight is 535 g/mol. The normalized spacial score (nSPS) is 19.6. The van der Waals surface area contributed by atoms with E-state index in [1.165, 1.54) is 5.56 Å². The lowest BCUT2D eigenvalue weighted by molar-refractivity contribution is 0.0842. The lowest BCUT2D eigenvalue weighted by Crippen LogP contribution is -2.33. The number of fused-ring (bicyclic) bond motifs is 1. The molecule has 0 amide bonds. The number of hydrogen-bond acceptors (Lipinski definition) is 4. The van der Waals surface area contributed by atoms with Gasteiger partial charge in [0, 0.05) is 23.5 Å². The second kappa shape index (κ2) is 11.0. The Morgan fingerprint density at radius 2 is 1.54 bits per heavy atom. The summed E-state index contributed by atoms with van der Waals surface area (Å²) in [5.41, 5.74) is 3.38. The molecule has 0 spiro atoms. The summed E-state index contributed by atoms with van der Waals surface area (Å²) in [6.07, 6.45) is 4.61. The standard InChI is InChI=1S/C30H31BrO4/c1-6-8-24(19-9-13-21(32-3)14-10-19)29-23(7-2)25-17-26(31)28(34-5)18-27(25)35-30(29)20-11-15-22(33-4)16-12-20/h6-7,9-18,23-24,29-30H,1-2,8H2,3-5H3/t23-,24-,29-,30-/m1/s1. The van der Waals surface area contributed by atoms with Crippen LogP contribution in [0.2, 0.25) is 0 Å². The number of ether oxygens (including phenoxy) is 4. The van der Waals surface area contributed by atoms with Crippen molar-refractivity contribution in [2.45, 2.75) is 24.4 Å². The molecule has 0 aromatic heterocycles. The highest BCUT2D eigenvalue weighted by Gasteiger charge is 2.43. The Morgan fingerprint density at radius 1 is 0.914 bits per heavy atom. The van der Waals surface area contributed by atoms with E-state index in [9.17, 15) is 0 Å². The summed E-state index contributed by atoms with van der Waals surface area (Å²) in [4.78, 5) is 0. The Labute approximate surface area is 216 Å². The third-order valence-electron chi connectivity index (χ3n) is 6.79. The summed E-state index contributed by atoms with van der Waals surface area (Å²) in [5, 5.41) is 0. The summed E-state index contributed by atoms with van der Waals surface area (Å²) < 4.78 is 24.0. The van der Waals surface area contributed by atoms with Crippen molar-refractivity contribution in [1.29, 1.82) is 0 Å². The first kappa shape index (κ1) is 24.9. The fourth-order valence-electron chi connectivity index (χ4n) is 5.06. The maximum atomic E-state index is 6.78. The molecule has 0 radical (unpaired) electrons. The van der Waals surface area contributed by atoms with E-state index in [1.54, 1.807) is 21.3 Å². The van der Waals surface area contributed by atoms with Gasteiger partial charge in [0.2, 0.25) is 0 Å². The smallest absolute Gasteiger partial charge is 0.136 e. The van der Waals surface area contributed by atoms with Crippen LogP contribution in [0.15, 0.2) is 90.4 Å². The highest BCUT2D eigenvalue weighted by atomic mass is 79.9. The first-order valence-corrected chi connectivity index (χ1v) is 12.4. The van der Waals surface area contributed by atoms with Crippen molar-refractivity contribution in [3.8, 4) is 23.0 Å². The zero-order valence-electron chi connectivity index (χ0n) is 20.4. The summed E-state index contributed by atoms with van der Waals surface area (Å²) in [6, 6.07) is 20.5. The molecule has 0 unspecified atom stereocenters. The van der Waals surface area contributed by atoms with Crippen molar-refractivity contribution >= 4 is 15.9 Å². The molecular weight excluding hydrogens is 504 g/mol. The van der Waals surface area contributed by atoms with Gasteiger partial charge < -0.3 is 18.9 Å². The molecule has 1 aliphatic rings. The van der Waals surface area contributed by atoms with Crippen LogP contribution in [-0.4, -0.2) is 21.3 Å². The number of rotatable bonds is 9. The van der Waals surface area contributed by atoms with Crippen molar-refractivity contribution in [2.24, 2.45) is 5.92 Å². The van der Waals surface area contributed by atoms with Crippen LogP contribution in [0.5, 0.6) is 23.0 Å². The molecule has 35 heavy (non-hydrogen) atoms. The molecule has 0 aliphatic carbocycles. The molecule has 0 saturated heterocycles. The Bertz CT molecular complexity index is 1170. The quantitative estimate of drug-likeness (QED) is 0.262. The van der Waals surface area contributed by atoms with E-state index in [0.29, 0.717) is 0 Å². The second-order valence-corrected chi connectivity index (χ2v) is 9.43. The van der Waals surface area contributed by atoms with Crippen LogP contribution in [0.1, 0.15) is 41.1 Å². The van der Waals surface area contributed by atoms with Gasteiger partial charge in [-0.05, 0) is 69.7 Å². The number of halogens is 1. The predicted molar refractivity (Wildman–Crippen MR) is 144 cm³/mol. The first-order chi connectivity index (χ1) is 17.0. The van der Waals surface area contributed by atoms with E-state index in [2.05, 4.69) is 59.4 Å². The highest BCUT2D eigenvalue weighted by Crippen LogP contribution is 2.54. The fourth-order valence-corrected chi connectivity index (χ4v) is 5.58. The highest BCUT2D eigenvalue weighted by molar-refractivity contribution is 9.10. The van der Waals surface area contributed by atoms with Gasteiger partial charge in [-0.15, -0.1) is 13.2 Å². The molecule has 3 aromatic rings. The van der Waals surface area contributed by atoms with Crippen molar-refractivity contribution in [3.05, 3.63) is 107 Å². The van der Waals surface area contributed by atoms with Gasteiger partial charge >= 0.3 is 0 Å². The zero-order valence-corrected chi connectivity index (χ0v) is 22.0. The molecule has 4 atom stereocenters. The fraction of sp³-hybridized carbons (Fsp3) is 0.267. The van der Waals surface area contributed by atoms with Crippen molar-refractivity contribution in [1.82, 2.24) is 0 Å². The van der Waals surface area contributed by atoms with Crippen LogP contribution >= 0.6 is 15.9 Å². The molecule has 4 nitrogen and oxygen atoms in total. The van der Waals surface area contributed by atoms with Crippen LogP contribution in [0.3, 0.4) is 0 Å². The minimum Gasteiger partial charge on any atom is -0.497 e. The van der Waals surface area contributed by atoms with E-state index in [0.717, 1.165) is 45.0 Å². The van der Waals surface area contributed by atoms with E-state index in [1.807, 2.05) is 42.5 Å². The SMILES string of the molecule is C=CC[C@H](c1ccc(OC)cc1)[C@H]1[C@H](C=C)c2cc(Br)c(OC)cc2O[C@@H]1c1ccc(OC)cc1. The predicted octanol–water partition coefficient (Wildman–Crippen LogP) is 7.85. The molecule has 182 valence electrons. The van der Waals surface area contributed by atoms with Crippen LogP contribution in [0.4, 0.5) is 0 Å². The van der Waals surface area contributed by atoms with Crippen LogP contribution in [0, 0.1) is 5.92 Å². The maximum Gasteiger partial charge on any atom is 0.136 e. The second-order valence-electron chi connectivity index (χ2n) is 8.58. The molecule has 0 N–H and O–H groups in total. The number of methoxy groups -OCH3 is 3. The Kier molecular flexibility index (Phi) is 7.86. The number of hydrogen-bond donors (Lipinski definition) is 0. The van der Waals surface area contributed by atoms with Crippen LogP contribution in [0.25, 0.3) is 0 Å². The molecule has 1 aliphatic heterocycles. The summed E-state index contributed by atoms with van der Waals surface area (Å²) >= 11 is 3.66. The van der Waals surface area contributed by atoms with Gasteiger partial charge in [-0.25, -0.2) is 0 Å². The maximum absolute atomic E-state index is 6.78. The molecule has 0 saturated carbocycles. The number of benzene rings is 3.